The van der Waals surface area contributed by atoms with Gasteiger partial charge in [-0.15, -0.1) is 0 Å². The Morgan fingerprint density at radius 3 is 2.75 bits per heavy atom. The zero-order valence-corrected chi connectivity index (χ0v) is 10.6. The van der Waals surface area contributed by atoms with E-state index < -0.39 is 0 Å². The first-order valence-corrected chi connectivity index (χ1v) is 6.08. The van der Waals surface area contributed by atoms with E-state index in [2.05, 4.69) is 38.2 Å². The first-order chi connectivity index (χ1) is 7.68. The molecule has 2 heteroatoms. The average Bonchev–Trinajstić information content (AvgIpc) is 2.23. The van der Waals surface area contributed by atoms with Crippen LogP contribution < -0.4 is 10.1 Å². The Kier molecular flexibility index (Phi) is 5.94. The van der Waals surface area contributed by atoms with Crippen molar-refractivity contribution < 1.29 is 4.74 Å². The molecule has 0 fully saturated rings. The molecule has 1 aromatic rings. The normalized spacial score (nSPS) is 10.8. The summed E-state index contributed by atoms with van der Waals surface area (Å²) in [6, 6.07) is 8.17. The summed E-state index contributed by atoms with van der Waals surface area (Å²) in [6.45, 7) is 9.29. The summed E-state index contributed by atoms with van der Waals surface area (Å²) in [6.07, 6.45) is 1.23. The topological polar surface area (TPSA) is 21.3 Å². The van der Waals surface area contributed by atoms with Crippen molar-refractivity contribution in [1.82, 2.24) is 5.32 Å². The molecule has 0 saturated carbocycles. The number of ether oxygens (including phenoxy) is 1. The first-order valence-electron chi connectivity index (χ1n) is 6.08. The van der Waals surface area contributed by atoms with E-state index in [1.807, 2.05) is 12.1 Å². The molecule has 0 aliphatic carbocycles. The number of aryl methyl sites for hydroxylation is 1. The smallest absolute Gasteiger partial charge is 0.119 e. The van der Waals surface area contributed by atoms with Crippen LogP contribution in [0.5, 0.6) is 5.75 Å². The Balaban J connectivity index is 2.07. The third-order valence-corrected chi connectivity index (χ3v) is 2.44. The molecular weight excluding hydrogens is 198 g/mol. The molecule has 1 aromatic carbocycles. The highest BCUT2D eigenvalue weighted by Gasteiger charge is 1.95. The first kappa shape index (κ1) is 13.0. The standard InChI is InChI=1S/C14H23NO/c1-12(2)7-8-15-9-10-16-14-6-4-5-13(3)11-14/h4-6,11-12,15H,7-10H2,1-3H3. The van der Waals surface area contributed by atoms with Crippen LogP contribution in [-0.2, 0) is 0 Å². The molecule has 0 bridgehead atoms. The molecule has 1 N–H and O–H groups in total. The number of nitrogens with one attached hydrogen (secondary N) is 1. The molecule has 0 saturated heterocycles. The molecule has 0 aliphatic heterocycles. The summed E-state index contributed by atoms with van der Waals surface area (Å²) in [5, 5.41) is 3.38. The van der Waals surface area contributed by atoms with E-state index in [1.165, 1.54) is 12.0 Å². The molecule has 1 rings (SSSR count). The predicted molar refractivity (Wildman–Crippen MR) is 69.0 cm³/mol. The lowest BCUT2D eigenvalue weighted by molar-refractivity contribution is 0.312. The van der Waals surface area contributed by atoms with E-state index in [0.717, 1.165) is 31.4 Å². The van der Waals surface area contributed by atoms with Crippen molar-refractivity contribution >= 4 is 0 Å². The van der Waals surface area contributed by atoms with Crippen LogP contribution in [0, 0.1) is 12.8 Å². The molecule has 0 spiro atoms. The number of hydrogen-bond donors (Lipinski definition) is 1. The maximum atomic E-state index is 5.63. The van der Waals surface area contributed by atoms with Crippen LogP contribution in [0.2, 0.25) is 0 Å². The van der Waals surface area contributed by atoms with E-state index in [-0.39, 0.29) is 0 Å². The minimum atomic E-state index is 0.738. The molecular formula is C14H23NO. The van der Waals surface area contributed by atoms with Crippen molar-refractivity contribution in [3.05, 3.63) is 29.8 Å². The van der Waals surface area contributed by atoms with Gasteiger partial charge in [-0.2, -0.15) is 0 Å². The van der Waals surface area contributed by atoms with E-state index in [9.17, 15) is 0 Å². The molecule has 0 amide bonds. The second-order valence-electron chi connectivity index (χ2n) is 4.60. The fraction of sp³-hybridized carbons (Fsp3) is 0.571. The summed E-state index contributed by atoms with van der Waals surface area (Å²) in [5.74, 6) is 1.73. The molecule has 0 unspecified atom stereocenters. The Hall–Kier alpha value is -1.02. The summed E-state index contributed by atoms with van der Waals surface area (Å²) in [4.78, 5) is 0. The highest BCUT2D eigenvalue weighted by molar-refractivity contribution is 5.27. The summed E-state index contributed by atoms with van der Waals surface area (Å²) in [7, 11) is 0. The highest BCUT2D eigenvalue weighted by Crippen LogP contribution is 2.11. The fourth-order valence-corrected chi connectivity index (χ4v) is 1.46. The van der Waals surface area contributed by atoms with Gasteiger partial charge in [-0.05, 0) is 43.5 Å². The zero-order valence-electron chi connectivity index (χ0n) is 10.6. The van der Waals surface area contributed by atoms with Crippen LogP contribution in [0.15, 0.2) is 24.3 Å². The lowest BCUT2D eigenvalue weighted by Gasteiger charge is -2.09. The van der Waals surface area contributed by atoms with E-state index in [0.29, 0.717) is 0 Å². The Labute approximate surface area is 99.0 Å². The largest absolute Gasteiger partial charge is 0.492 e. The monoisotopic (exact) mass is 221 g/mol. The molecule has 0 radical (unpaired) electrons. The van der Waals surface area contributed by atoms with Gasteiger partial charge in [0.25, 0.3) is 0 Å². The van der Waals surface area contributed by atoms with Gasteiger partial charge >= 0.3 is 0 Å². The fourth-order valence-electron chi connectivity index (χ4n) is 1.46. The summed E-state index contributed by atoms with van der Waals surface area (Å²) in [5.41, 5.74) is 1.24. The third kappa shape index (κ3) is 5.76. The number of benzene rings is 1. The maximum absolute atomic E-state index is 5.63. The number of hydrogen-bond acceptors (Lipinski definition) is 2. The van der Waals surface area contributed by atoms with Crippen molar-refractivity contribution in [3.63, 3.8) is 0 Å². The van der Waals surface area contributed by atoms with Crippen LogP contribution in [0.25, 0.3) is 0 Å². The van der Waals surface area contributed by atoms with E-state index >= 15 is 0 Å². The summed E-state index contributed by atoms with van der Waals surface area (Å²) >= 11 is 0. The van der Waals surface area contributed by atoms with Crippen LogP contribution in [0.3, 0.4) is 0 Å². The molecule has 16 heavy (non-hydrogen) atoms. The van der Waals surface area contributed by atoms with Gasteiger partial charge in [0.1, 0.15) is 12.4 Å². The maximum Gasteiger partial charge on any atom is 0.119 e. The second-order valence-corrected chi connectivity index (χ2v) is 4.60. The van der Waals surface area contributed by atoms with Crippen molar-refractivity contribution in [2.24, 2.45) is 5.92 Å². The van der Waals surface area contributed by atoms with E-state index in [1.54, 1.807) is 0 Å². The van der Waals surface area contributed by atoms with Gasteiger partial charge in [0.15, 0.2) is 0 Å². The second kappa shape index (κ2) is 7.29. The Bertz CT molecular complexity index is 297. The zero-order chi connectivity index (χ0) is 11.8. The van der Waals surface area contributed by atoms with Gasteiger partial charge in [0, 0.05) is 6.54 Å². The predicted octanol–water partition coefficient (Wildman–Crippen LogP) is 3.01. The van der Waals surface area contributed by atoms with Crippen molar-refractivity contribution in [2.45, 2.75) is 27.2 Å². The van der Waals surface area contributed by atoms with E-state index in [4.69, 9.17) is 4.74 Å². The Morgan fingerprint density at radius 1 is 1.25 bits per heavy atom. The highest BCUT2D eigenvalue weighted by atomic mass is 16.5. The van der Waals surface area contributed by atoms with Crippen molar-refractivity contribution in [2.75, 3.05) is 19.7 Å². The minimum absolute atomic E-state index is 0.738. The van der Waals surface area contributed by atoms with Gasteiger partial charge < -0.3 is 10.1 Å². The lowest BCUT2D eigenvalue weighted by atomic mass is 10.1. The molecule has 0 atom stereocenters. The SMILES string of the molecule is Cc1cccc(OCCNCCC(C)C)c1. The van der Waals surface area contributed by atoms with Crippen LogP contribution in [0.4, 0.5) is 0 Å². The van der Waals surface area contributed by atoms with Crippen LogP contribution in [0.1, 0.15) is 25.8 Å². The van der Waals surface area contributed by atoms with Gasteiger partial charge in [-0.25, -0.2) is 0 Å². The third-order valence-electron chi connectivity index (χ3n) is 2.44. The van der Waals surface area contributed by atoms with Gasteiger partial charge in [-0.3, -0.25) is 0 Å². The van der Waals surface area contributed by atoms with Crippen LogP contribution in [-0.4, -0.2) is 19.7 Å². The quantitative estimate of drug-likeness (QED) is 0.715. The average molecular weight is 221 g/mol. The van der Waals surface area contributed by atoms with Gasteiger partial charge in [0.2, 0.25) is 0 Å². The molecule has 0 aromatic heterocycles. The lowest BCUT2D eigenvalue weighted by Crippen LogP contribution is -2.23. The Morgan fingerprint density at radius 2 is 2.06 bits per heavy atom. The molecule has 0 heterocycles. The van der Waals surface area contributed by atoms with Crippen molar-refractivity contribution in [3.8, 4) is 5.75 Å². The molecule has 2 nitrogen and oxygen atoms in total. The van der Waals surface area contributed by atoms with Crippen molar-refractivity contribution in [1.29, 1.82) is 0 Å². The van der Waals surface area contributed by atoms with Gasteiger partial charge in [0.05, 0.1) is 0 Å². The summed E-state index contributed by atoms with van der Waals surface area (Å²) < 4.78 is 5.63. The van der Waals surface area contributed by atoms with Crippen LogP contribution >= 0.6 is 0 Å². The number of rotatable bonds is 7. The molecule has 0 aliphatic rings. The van der Waals surface area contributed by atoms with Gasteiger partial charge in [-0.1, -0.05) is 26.0 Å². The minimum Gasteiger partial charge on any atom is -0.492 e. The molecule has 90 valence electrons.